The number of benzene rings is 2. The van der Waals surface area contributed by atoms with Crippen molar-refractivity contribution in [2.24, 2.45) is 0 Å². The fraction of sp³-hybridized carbons (Fsp3) is 0.548. The molecule has 0 saturated heterocycles. The molecule has 0 radical (unpaired) electrons. The Morgan fingerprint density at radius 1 is 0.558 bits per heavy atom. The third kappa shape index (κ3) is 21.3. The first-order valence-electron chi connectivity index (χ1n) is 14.4. The number of hydrogen-bond donors (Lipinski definition) is 1. The van der Waals surface area contributed by atoms with Crippen molar-refractivity contribution in [1.82, 2.24) is 5.32 Å². The van der Waals surface area contributed by atoms with Crippen LogP contribution in [0.2, 0.25) is 0 Å². The maximum Gasteiger partial charge on any atom is 0.407 e. The Hall–Kier alpha value is -3.10. The standard InChI is InChI=1S/C31H45NO11/c33-26-28-6-8-30(9-7-28)42-25-24-41-23-22-40-21-20-39-19-18-38-17-16-37-15-14-36-13-12-35-11-10-32-31(34)43-27-29-4-2-1-3-5-29/h1-9,26H,10-25,27H2,(H,32,34). The van der Waals surface area contributed by atoms with E-state index >= 15 is 0 Å². The van der Waals surface area contributed by atoms with Gasteiger partial charge in [0.15, 0.2) is 0 Å². The summed E-state index contributed by atoms with van der Waals surface area (Å²) in [5.41, 5.74) is 1.55. The largest absolute Gasteiger partial charge is 0.491 e. The van der Waals surface area contributed by atoms with Gasteiger partial charge in [0.2, 0.25) is 0 Å². The molecular weight excluding hydrogens is 562 g/mol. The van der Waals surface area contributed by atoms with Gasteiger partial charge in [-0.2, -0.15) is 0 Å². The Labute approximate surface area is 253 Å². The first kappa shape index (κ1) is 36.1. The Balaban J connectivity index is 1.19. The lowest BCUT2D eigenvalue weighted by atomic mass is 10.2. The SMILES string of the molecule is O=Cc1ccc(OCCOCCOCCOCCOCCOCCOCCOCCNC(=O)OCc2ccccc2)cc1. The van der Waals surface area contributed by atoms with Crippen molar-refractivity contribution in [1.29, 1.82) is 0 Å². The summed E-state index contributed by atoms with van der Waals surface area (Å²) in [7, 11) is 0. The van der Waals surface area contributed by atoms with E-state index in [1.54, 1.807) is 24.3 Å². The van der Waals surface area contributed by atoms with E-state index in [2.05, 4.69) is 5.32 Å². The summed E-state index contributed by atoms with van der Waals surface area (Å²) in [5, 5.41) is 2.64. The number of amides is 1. The van der Waals surface area contributed by atoms with E-state index in [0.29, 0.717) is 117 Å². The third-order valence-electron chi connectivity index (χ3n) is 5.47. The lowest BCUT2D eigenvalue weighted by Gasteiger charge is -2.09. The molecule has 2 aromatic rings. The van der Waals surface area contributed by atoms with Gasteiger partial charge in [-0.15, -0.1) is 0 Å². The summed E-state index contributed by atoms with van der Waals surface area (Å²) in [4.78, 5) is 22.2. The van der Waals surface area contributed by atoms with Crippen LogP contribution in [0.1, 0.15) is 15.9 Å². The minimum absolute atomic E-state index is 0.236. The number of hydrogen-bond acceptors (Lipinski definition) is 11. The van der Waals surface area contributed by atoms with Crippen LogP contribution >= 0.6 is 0 Å². The van der Waals surface area contributed by atoms with Gasteiger partial charge >= 0.3 is 6.09 Å². The number of carbonyl (C=O) groups is 2. The van der Waals surface area contributed by atoms with Gasteiger partial charge in [-0.1, -0.05) is 30.3 Å². The molecule has 12 nitrogen and oxygen atoms in total. The van der Waals surface area contributed by atoms with Crippen LogP contribution in [0.4, 0.5) is 4.79 Å². The van der Waals surface area contributed by atoms with Crippen LogP contribution in [0, 0.1) is 0 Å². The van der Waals surface area contributed by atoms with Gasteiger partial charge < -0.3 is 47.9 Å². The van der Waals surface area contributed by atoms with Crippen LogP contribution in [0.15, 0.2) is 54.6 Å². The van der Waals surface area contributed by atoms with Gasteiger partial charge in [-0.3, -0.25) is 4.79 Å². The highest BCUT2D eigenvalue weighted by Gasteiger charge is 2.02. The smallest absolute Gasteiger partial charge is 0.407 e. The average molecular weight is 608 g/mol. The van der Waals surface area contributed by atoms with E-state index in [4.69, 9.17) is 42.6 Å². The predicted molar refractivity (Wildman–Crippen MR) is 158 cm³/mol. The summed E-state index contributed by atoms with van der Waals surface area (Å²) < 4.78 is 48.8. The molecule has 0 heterocycles. The Morgan fingerprint density at radius 2 is 1.00 bits per heavy atom. The summed E-state index contributed by atoms with van der Waals surface area (Å²) in [5.74, 6) is 0.700. The molecule has 0 spiro atoms. The van der Waals surface area contributed by atoms with Crippen LogP contribution in [-0.2, 0) is 44.5 Å². The first-order chi connectivity index (χ1) is 21.3. The quantitative estimate of drug-likeness (QED) is 0.113. The molecule has 0 saturated carbocycles. The van der Waals surface area contributed by atoms with E-state index in [0.717, 1.165) is 11.8 Å². The topological polar surface area (TPSA) is 129 Å². The lowest BCUT2D eigenvalue weighted by molar-refractivity contribution is -0.0211. The van der Waals surface area contributed by atoms with Crippen LogP contribution in [0.3, 0.4) is 0 Å². The summed E-state index contributed by atoms with van der Waals surface area (Å²) >= 11 is 0. The van der Waals surface area contributed by atoms with Crippen LogP contribution < -0.4 is 10.1 Å². The van der Waals surface area contributed by atoms with Crippen molar-refractivity contribution in [3.8, 4) is 5.75 Å². The van der Waals surface area contributed by atoms with Gasteiger partial charge in [0.25, 0.3) is 0 Å². The van der Waals surface area contributed by atoms with Gasteiger partial charge in [0.1, 0.15) is 25.2 Å². The van der Waals surface area contributed by atoms with E-state index < -0.39 is 6.09 Å². The monoisotopic (exact) mass is 607 g/mol. The molecule has 0 bridgehead atoms. The molecule has 0 aliphatic rings. The van der Waals surface area contributed by atoms with Crippen molar-refractivity contribution >= 4 is 12.4 Å². The average Bonchev–Trinajstić information content (AvgIpc) is 3.04. The van der Waals surface area contributed by atoms with Crippen LogP contribution in [0.5, 0.6) is 5.75 Å². The Bertz CT molecular complexity index is 931. The summed E-state index contributed by atoms with van der Waals surface area (Å²) in [6, 6.07) is 16.4. The highest BCUT2D eigenvalue weighted by molar-refractivity contribution is 5.74. The molecule has 240 valence electrons. The van der Waals surface area contributed by atoms with Crippen molar-refractivity contribution in [2.45, 2.75) is 6.61 Å². The Kier molecular flexibility index (Phi) is 22.3. The van der Waals surface area contributed by atoms with Gasteiger partial charge in [-0.25, -0.2) is 4.79 Å². The number of ether oxygens (including phenoxy) is 9. The maximum atomic E-state index is 11.6. The fourth-order valence-electron chi connectivity index (χ4n) is 3.28. The zero-order valence-electron chi connectivity index (χ0n) is 24.8. The second-order valence-corrected chi connectivity index (χ2v) is 8.81. The molecule has 0 atom stereocenters. The van der Waals surface area contributed by atoms with E-state index in [-0.39, 0.29) is 6.61 Å². The van der Waals surface area contributed by atoms with Crippen LogP contribution in [-0.4, -0.2) is 118 Å². The zero-order chi connectivity index (χ0) is 30.5. The second kappa shape index (κ2) is 26.5. The fourth-order valence-corrected chi connectivity index (χ4v) is 3.28. The van der Waals surface area contributed by atoms with Crippen molar-refractivity contribution in [3.05, 3.63) is 65.7 Å². The molecule has 12 heteroatoms. The second-order valence-electron chi connectivity index (χ2n) is 8.81. The molecule has 0 aliphatic carbocycles. The number of nitrogens with one attached hydrogen (secondary N) is 1. The molecule has 0 fully saturated rings. The van der Waals surface area contributed by atoms with Crippen LogP contribution in [0.25, 0.3) is 0 Å². The first-order valence-corrected chi connectivity index (χ1v) is 14.4. The Morgan fingerprint density at radius 3 is 1.47 bits per heavy atom. The van der Waals surface area contributed by atoms with Gasteiger partial charge in [0.05, 0.1) is 92.5 Å². The maximum absolute atomic E-state index is 11.6. The van der Waals surface area contributed by atoms with Gasteiger partial charge in [-0.05, 0) is 29.8 Å². The van der Waals surface area contributed by atoms with Crippen molar-refractivity contribution < 1.29 is 52.2 Å². The van der Waals surface area contributed by atoms with E-state index in [1.807, 2.05) is 30.3 Å². The molecule has 2 rings (SSSR count). The van der Waals surface area contributed by atoms with E-state index in [9.17, 15) is 9.59 Å². The molecule has 43 heavy (non-hydrogen) atoms. The third-order valence-corrected chi connectivity index (χ3v) is 5.47. The number of aldehydes is 1. The summed E-state index contributed by atoms with van der Waals surface area (Å²) in [6.45, 7) is 7.52. The molecule has 2 aromatic carbocycles. The number of alkyl carbamates (subject to hydrolysis) is 1. The lowest BCUT2D eigenvalue weighted by Crippen LogP contribution is -2.28. The molecule has 1 amide bonds. The predicted octanol–water partition coefficient (Wildman–Crippen LogP) is 2.92. The number of rotatable bonds is 28. The molecule has 1 N–H and O–H groups in total. The van der Waals surface area contributed by atoms with E-state index in [1.165, 1.54) is 0 Å². The molecular formula is C31H45NO11. The molecule has 0 unspecified atom stereocenters. The minimum atomic E-state index is -0.471. The summed E-state index contributed by atoms with van der Waals surface area (Å²) in [6.07, 6.45) is 0.324. The van der Waals surface area contributed by atoms with Gasteiger partial charge in [0, 0.05) is 12.1 Å². The molecule has 0 aromatic heterocycles. The van der Waals surface area contributed by atoms with Crippen molar-refractivity contribution in [2.75, 3.05) is 106 Å². The minimum Gasteiger partial charge on any atom is -0.491 e. The van der Waals surface area contributed by atoms with Crippen molar-refractivity contribution in [3.63, 3.8) is 0 Å². The molecule has 0 aliphatic heterocycles. The normalized spacial score (nSPS) is 10.9. The zero-order valence-corrected chi connectivity index (χ0v) is 24.8. The highest BCUT2D eigenvalue weighted by Crippen LogP contribution is 2.10. The highest BCUT2D eigenvalue weighted by atomic mass is 16.6. The number of carbonyl (C=O) groups excluding carboxylic acids is 2.